The first-order valence-electron chi connectivity index (χ1n) is 4.76. The molecule has 0 saturated heterocycles. The second kappa shape index (κ2) is 4.99. The topological polar surface area (TPSA) is 38.0 Å². The molecule has 2 rings (SSSR count). The Morgan fingerprint density at radius 1 is 1.38 bits per heavy atom. The fraction of sp³-hybridized carbons (Fsp3) is 0.182. The Balaban J connectivity index is 2.08. The van der Waals surface area contributed by atoms with Crippen molar-refractivity contribution in [3.63, 3.8) is 0 Å². The van der Waals surface area contributed by atoms with Crippen molar-refractivity contribution in [1.82, 2.24) is 9.78 Å². The molecular formula is C11H10BrClN2O. The van der Waals surface area contributed by atoms with Crippen LogP contribution < -0.4 is 0 Å². The van der Waals surface area contributed by atoms with E-state index in [0.29, 0.717) is 11.6 Å². The van der Waals surface area contributed by atoms with E-state index in [4.69, 9.17) is 11.6 Å². The minimum atomic E-state index is -0.580. The Kier molecular flexibility index (Phi) is 3.63. The average molecular weight is 302 g/mol. The highest BCUT2D eigenvalue weighted by Gasteiger charge is 2.08. The third-order valence-corrected chi connectivity index (χ3v) is 2.88. The van der Waals surface area contributed by atoms with E-state index in [1.165, 1.54) is 0 Å². The summed E-state index contributed by atoms with van der Waals surface area (Å²) in [6.07, 6.45) is 2.93. The lowest BCUT2D eigenvalue weighted by molar-refractivity contribution is 0.151. The summed E-state index contributed by atoms with van der Waals surface area (Å²) in [5.41, 5.74) is 0.830. The summed E-state index contributed by atoms with van der Waals surface area (Å²) in [5.74, 6) is 0. The van der Waals surface area contributed by atoms with Crippen molar-refractivity contribution in [2.24, 2.45) is 0 Å². The van der Waals surface area contributed by atoms with Gasteiger partial charge in [0.15, 0.2) is 0 Å². The molecule has 84 valence electrons. The van der Waals surface area contributed by atoms with Crippen LogP contribution in [0.3, 0.4) is 0 Å². The van der Waals surface area contributed by atoms with Crippen LogP contribution in [0.4, 0.5) is 0 Å². The standard InChI is InChI=1S/C11H10BrClN2O/c12-9-5-14-15(6-9)7-11(16)8-1-3-10(13)4-2-8/h1-6,11,16H,7H2. The van der Waals surface area contributed by atoms with E-state index in [1.807, 2.05) is 18.3 Å². The van der Waals surface area contributed by atoms with Gasteiger partial charge >= 0.3 is 0 Å². The lowest BCUT2D eigenvalue weighted by Gasteiger charge is -2.10. The van der Waals surface area contributed by atoms with Crippen LogP contribution in [0.2, 0.25) is 5.02 Å². The highest BCUT2D eigenvalue weighted by atomic mass is 79.9. The van der Waals surface area contributed by atoms with E-state index in [0.717, 1.165) is 10.0 Å². The van der Waals surface area contributed by atoms with Crippen molar-refractivity contribution >= 4 is 27.5 Å². The molecule has 2 aromatic rings. The molecule has 0 aliphatic carbocycles. The number of aromatic nitrogens is 2. The van der Waals surface area contributed by atoms with Gasteiger partial charge in [0.25, 0.3) is 0 Å². The van der Waals surface area contributed by atoms with Gasteiger partial charge in [0.2, 0.25) is 0 Å². The maximum absolute atomic E-state index is 9.95. The zero-order valence-electron chi connectivity index (χ0n) is 8.35. The van der Waals surface area contributed by atoms with E-state index in [9.17, 15) is 5.11 Å². The molecule has 16 heavy (non-hydrogen) atoms. The molecule has 1 aromatic carbocycles. The number of benzene rings is 1. The van der Waals surface area contributed by atoms with Crippen LogP contribution in [0.5, 0.6) is 0 Å². The highest BCUT2D eigenvalue weighted by molar-refractivity contribution is 9.10. The van der Waals surface area contributed by atoms with Crippen molar-refractivity contribution in [2.75, 3.05) is 0 Å². The number of aliphatic hydroxyl groups excluding tert-OH is 1. The number of hydrogen-bond donors (Lipinski definition) is 1. The Morgan fingerprint density at radius 3 is 2.62 bits per heavy atom. The van der Waals surface area contributed by atoms with Gasteiger partial charge in [0.1, 0.15) is 0 Å². The first-order chi connectivity index (χ1) is 7.65. The molecule has 0 spiro atoms. The SMILES string of the molecule is OC(Cn1cc(Br)cn1)c1ccc(Cl)cc1. The minimum Gasteiger partial charge on any atom is -0.386 e. The zero-order valence-corrected chi connectivity index (χ0v) is 10.7. The number of nitrogens with zero attached hydrogens (tertiary/aromatic N) is 2. The van der Waals surface area contributed by atoms with Crippen molar-refractivity contribution in [3.8, 4) is 0 Å². The molecule has 3 nitrogen and oxygen atoms in total. The van der Waals surface area contributed by atoms with Crippen LogP contribution in [-0.2, 0) is 6.54 Å². The summed E-state index contributed by atoms with van der Waals surface area (Å²) in [6.45, 7) is 0.424. The van der Waals surface area contributed by atoms with E-state index < -0.39 is 6.10 Å². The van der Waals surface area contributed by atoms with Gasteiger partial charge in [0.05, 0.1) is 23.3 Å². The van der Waals surface area contributed by atoms with Crippen molar-refractivity contribution in [3.05, 3.63) is 51.7 Å². The van der Waals surface area contributed by atoms with Crippen LogP contribution in [0, 0.1) is 0 Å². The molecule has 0 radical (unpaired) electrons. The molecule has 1 atom stereocenters. The lowest BCUT2D eigenvalue weighted by atomic mass is 10.1. The summed E-state index contributed by atoms with van der Waals surface area (Å²) >= 11 is 9.08. The molecular weight excluding hydrogens is 291 g/mol. The third kappa shape index (κ3) is 2.84. The van der Waals surface area contributed by atoms with Crippen LogP contribution in [0.25, 0.3) is 0 Å². The van der Waals surface area contributed by atoms with Crippen molar-refractivity contribution < 1.29 is 5.11 Å². The van der Waals surface area contributed by atoms with Gasteiger partial charge < -0.3 is 5.11 Å². The quantitative estimate of drug-likeness (QED) is 0.946. The highest BCUT2D eigenvalue weighted by Crippen LogP contribution is 2.18. The molecule has 1 unspecified atom stereocenters. The van der Waals surface area contributed by atoms with Gasteiger partial charge in [-0.1, -0.05) is 23.7 Å². The molecule has 5 heteroatoms. The Bertz CT molecular complexity index is 469. The van der Waals surface area contributed by atoms with Gasteiger partial charge in [-0.15, -0.1) is 0 Å². The normalized spacial score (nSPS) is 12.7. The molecule has 1 aromatic heterocycles. The number of halogens is 2. The third-order valence-electron chi connectivity index (χ3n) is 2.22. The number of aliphatic hydroxyl groups is 1. The van der Waals surface area contributed by atoms with Gasteiger partial charge in [-0.05, 0) is 33.6 Å². The van der Waals surface area contributed by atoms with Crippen LogP contribution >= 0.6 is 27.5 Å². The van der Waals surface area contributed by atoms with Crippen LogP contribution in [-0.4, -0.2) is 14.9 Å². The van der Waals surface area contributed by atoms with Crippen LogP contribution in [0.1, 0.15) is 11.7 Å². The van der Waals surface area contributed by atoms with Gasteiger partial charge in [0, 0.05) is 11.2 Å². The Morgan fingerprint density at radius 2 is 2.06 bits per heavy atom. The lowest BCUT2D eigenvalue weighted by Crippen LogP contribution is -2.08. The van der Waals surface area contributed by atoms with Crippen molar-refractivity contribution in [1.29, 1.82) is 0 Å². The summed E-state index contributed by atoms with van der Waals surface area (Å²) in [7, 11) is 0. The van der Waals surface area contributed by atoms with E-state index >= 15 is 0 Å². The van der Waals surface area contributed by atoms with E-state index in [-0.39, 0.29) is 0 Å². The summed E-state index contributed by atoms with van der Waals surface area (Å²) < 4.78 is 2.58. The second-order valence-electron chi connectivity index (χ2n) is 3.45. The smallest absolute Gasteiger partial charge is 0.0985 e. The molecule has 0 fully saturated rings. The number of hydrogen-bond acceptors (Lipinski definition) is 2. The summed E-state index contributed by atoms with van der Waals surface area (Å²) in [5, 5.41) is 14.7. The monoisotopic (exact) mass is 300 g/mol. The fourth-order valence-corrected chi connectivity index (χ4v) is 1.86. The number of rotatable bonds is 3. The molecule has 1 N–H and O–H groups in total. The average Bonchev–Trinajstić information content (AvgIpc) is 2.65. The Hall–Kier alpha value is -0.840. The largest absolute Gasteiger partial charge is 0.386 e. The second-order valence-corrected chi connectivity index (χ2v) is 4.80. The molecule has 0 bridgehead atoms. The minimum absolute atomic E-state index is 0.424. The van der Waals surface area contributed by atoms with E-state index in [1.54, 1.807) is 23.0 Å². The molecule has 0 saturated carbocycles. The van der Waals surface area contributed by atoms with Gasteiger partial charge in [-0.3, -0.25) is 4.68 Å². The maximum Gasteiger partial charge on any atom is 0.0985 e. The molecule has 0 aliphatic heterocycles. The predicted molar refractivity (Wildman–Crippen MR) is 66.3 cm³/mol. The fourth-order valence-electron chi connectivity index (χ4n) is 1.41. The first kappa shape index (κ1) is 11.6. The van der Waals surface area contributed by atoms with Crippen molar-refractivity contribution in [2.45, 2.75) is 12.6 Å². The van der Waals surface area contributed by atoms with Gasteiger partial charge in [-0.25, -0.2) is 0 Å². The van der Waals surface area contributed by atoms with Crippen LogP contribution in [0.15, 0.2) is 41.1 Å². The predicted octanol–water partition coefficient (Wildman–Crippen LogP) is 3.03. The molecule has 1 heterocycles. The maximum atomic E-state index is 9.95. The molecule has 0 aliphatic rings. The zero-order chi connectivity index (χ0) is 11.5. The van der Waals surface area contributed by atoms with E-state index in [2.05, 4.69) is 21.0 Å². The van der Waals surface area contributed by atoms with Gasteiger partial charge in [-0.2, -0.15) is 5.10 Å². The summed E-state index contributed by atoms with van der Waals surface area (Å²) in [4.78, 5) is 0. The summed E-state index contributed by atoms with van der Waals surface area (Å²) in [6, 6.07) is 7.15. The first-order valence-corrected chi connectivity index (χ1v) is 5.94. The molecule has 0 amide bonds. The Labute approximate surface area is 107 Å².